The number of nitrogens with zero attached hydrogens (tertiary/aromatic N) is 3. The molecule has 0 radical (unpaired) electrons. The summed E-state index contributed by atoms with van der Waals surface area (Å²) in [5.74, 6) is -1.24. The second-order valence-corrected chi connectivity index (χ2v) is 5.63. The average molecular weight is 327 g/mol. The van der Waals surface area contributed by atoms with Gasteiger partial charge in [0.25, 0.3) is 11.5 Å². The highest BCUT2D eigenvalue weighted by Crippen LogP contribution is 2.32. The summed E-state index contributed by atoms with van der Waals surface area (Å²) >= 11 is 5.15. The molecule has 1 aliphatic rings. The van der Waals surface area contributed by atoms with Gasteiger partial charge in [0.15, 0.2) is 16.1 Å². The first-order valence-electron chi connectivity index (χ1n) is 6.81. The van der Waals surface area contributed by atoms with E-state index in [9.17, 15) is 19.5 Å². The molecule has 1 N–H and O–H groups in total. The molecule has 0 bridgehead atoms. The molecule has 8 nitrogen and oxygen atoms in total. The summed E-state index contributed by atoms with van der Waals surface area (Å²) in [6.45, 7) is 6.77. The maximum absolute atomic E-state index is 12.5. The number of imide groups is 1. The summed E-state index contributed by atoms with van der Waals surface area (Å²) in [7, 11) is 0. The number of hydrogen-bond acceptors (Lipinski definition) is 6. The third-order valence-electron chi connectivity index (χ3n) is 3.48. The Hall–Kier alpha value is -2.16. The fourth-order valence-corrected chi connectivity index (χ4v) is 2.71. The summed E-state index contributed by atoms with van der Waals surface area (Å²) in [5.41, 5.74) is -2.54. The molecule has 0 aromatic carbocycles. The van der Waals surface area contributed by atoms with Crippen LogP contribution in [-0.4, -0.2) is 31.8 Å². The maximum Gasteiger partial charge on any atom is 0.422 e. The lowest BCUT2D eigenvalue weighted by atomic mass is 10.1. The van der Waals surface area contributed by atoms with E-state index in [0.29, 0.717) is 4.90 Å². The second kappa shape index (κ2) is 5.24. The Kier molecular flexibility index (Phi) is 3.86. The minimum absolute atomic E-state index is 0.121. The van der Waals surface area contributed by atoms with Crippen molar-refractivity contribution in [1.29, 1.82) is 0 Å². The lowest BCUT2D eigenvalue weighted by molar-refractivity contribution is -0.127. The third kappa shape index (κ3) is 2.12. The fraction of sp³-hybridized carbons (Fsp3) is 0.538. The Morgan fingerprint density at radius 1 is 1.14 bits per heavy atom. The summed E-state index contributed by atoms with van der Waals surface area (Å²) in [4.78, 5) is 37.4. The van der Waals surface area contributed by atoms with E-state index in [1.165, 1.54) is 23.0 Å². The summed E-state index contributed by atoms with van der Waals surface area (Å²) in [6, 6.07) is 0. The normalized spacial score (nSPS) is 17.0. The topological polar surface area (TPSA) is 93.8 Å². The van der Waals surface area contributed by atoms with Crippen LogP contribution >= 0.6 is 12.2 Å². The molecule has 2 amide bonds. The number of carbonyl (C=O) groups excluding carboxylic acids is 2. The smallest absolute Gasteiger partial charge is 0.422 e. The Morgan fingerprint density at radius 2 is 1.68 bits per heavy atom. The SMILES string of the molecule is CCn1c(O)c(N2C(=O)OC(C)(C)C2=O)c(=O)n(CC)c1=S. The van der Waals surface area contributed by atoms with Crippen LogP contribution in [-0.2, 0) is 22.6 Å². The van der Waals surface area contributed by atoms with Gasteiger partial charge in [-0.3, -0.25) is 18.7 Å². The fourth-order valence-electron chi connectivity index (χ4n) is 2.29. The van der Waals surface area contributed by atoms with Gasteiger partial charge >= 0.3 is 6.09 Å². The number of cyclic esters (lactones) is 1. The van der Waals surface area contributed by atoms with Gasteiger partial charge in [-0.2, -0.15) is 0 Å². The largest absolute Gasteiger partial charge is 0.493 e. The predicted octanol–water partition coefficient (Wildman–Crippen LogP) is 1.39. The van der Waals surface area contributed by atoms with Crippen LogP contribution in [0.3, 0.4) is 0 Å². The van der Waals surface area contributed by atoms with E-state index in [0.717, 1.165) is 0 Å². The molecule has 22 heavy (non-hydrogen) atoms. The molecular formula is C13H17N3O5S. The van der Waals surface area contributed by atoms with Crippen LogP contribution < -0.4 is 10.5 Å². The summed E-state index contributed by atoms with van der Waals surface area (Å²) < 4.78 is 7.57. The minimum atomic E-state index is -1.39. The quantitative estimate of drug-likeness (QED) is 0.843. The van der Waals surface area contributed by atoms with Gasteiger partial charge < -0.3 is 9.84 Å². The number of hydrogen-bond donors (Lipinski definition) is 1. The monoisotopic (exact) mass is 327 g/mol. The van der Waals surface area contributed by atoms with Crippen LogP contribution in [0.15, 0.2) is 4.79 Å². The number of carbonyl (C=O) groups is 2. The van der Waals surface area contributed by atoms with Gasteiger partial charge in [-0.1, -0.05) is 0 Å². The summed E-state index contributed by atoms with van der Waals surface area (Å²) in [5, 5.41) is 10.3. The zero-order valence-corrected chi connectivity index (χ0v) is 13.6. The van der Waals surface area contributed by atoms with Crippen molar-refractivity contribution in [2.45, 2.75) is 46.4 Å². The molecule has 1 aromatic heterocycles. The van der Waals surface area contributed by atoms with Crippen LogP contribution in [0.1, 0.15) is 27.7 Å². The number of ether oxygens (including phenoxy) is 1. The highest BCUT2D eigenvalue weighted by atomic mass is 32.1. The molecule has 0 atom stereocenters. The molecule has 0 saturated carbocycles. The highest BCUT2D eigenvalue weighted by Gasteiger charge is 2.50. The second-order valence-electron chi connectivity index (χ2n) is 5.27. The third-order valence-corrected chi connectivity index (χ3v) is 3.92. The lowest BCUT2D eigenvalue weighted by Crippen LogP contribution is -2.41. The van der Waals surface area contributed by atoms with E-state index in [4.69, 9.17) is 17.0 Å². The van der Waals surface area contributed by atoms with Crippen molar-refractivity contribution in [1.82, 2.24) is 9.13 Å². The van der Waals surface area contributed by atoms with Gasteiger partial charge in [0, 0.05) is 13.1 Å². The first-order chi connectivity index (χ1) is 10.2. The Bertz CT molecular complexity index is 777. The van der Waals surface area contributed by atoms with Crippen molar-refractivity contribution in [2.75, 3.05) is 4.90 Å². The molecule has 2 heterocycles. The number of anilines is 1. The Balaban J connectivity index is 2.82. The van der Waals surface area contributed by atoms with Crippen LogP contribution in [0.5, 0.6) is 5.88 Å². The van der Waals surface area contributed by atoms with Crippen LogP contribution in [0.2, 0.25) is 0 Å². The molecule has 1 aromatic rings. The molecule has 1 aliphatic heterocycles. The van der Waals surface area contributed by atoms with E-state index in [-0.39, 0.29) is 17.9 Å². The minimum Gasteiger partial charge on any atom is -0.493 e. The highest BCUT2D eigenvalue weighted by molar-refractivity contribution is 7.71. The first kappa shape index (κ1) is 16.2. The predicted molar refractivity (Wildman–Crippen MR) is 80.6 cm³/mol. The molecule has 0 unspecified atom stereocenters. The standard InChI is InChI=1S/C13H17N3O5S/c1-5-14-8(17)7(9(18)15(6-2)11(14)22)16-10(19)13(3,4)21-12(16)20/h17H,5-6H2,1-4H3. The van der Waals surface area contributed by atoms with Gasteiger partial charge in [0.05, 0.1) is 0 Å². The number of rotatable bonds is 3. The van der Waals surface area contributed by atoms with Crippen LogP contribution in [0, 0.1) is 4.77 Å². The maximum atomic E-state index is 12.5. The van der Waals surface area contributed by atoms with Gasteiger partial charge in [-0.25, -0.2) is 9.69 Å². The van der Waals surface area contributed by atoms with Crippen molar-refractivity contribution in [3.63, 3.8) is 0 Å². The molecule has 1 saturated heterocycles. The van der Waals surface area contributed by atoms with E-state index in [2.05, 4.69) is 0 Å². The van der Waals surface area contributed by atoms with E-state index in [1.807, 2.05) is 0 Å². The van der Waals surface area contributed by atoms with Crippen LogP contribution in [0.4, 0.5) is 10.5 Å². The lowest BCUT2D eigenvalue weighted by Gasteiger charge is -2.19. The van der Waals surface area contributed by atoms with E-state index >= 15 is 0 Å². The van der Waals surface area contributed by atoms with Gasteiger partial charge in [0.1, 0.15) is 0 Å². The molecule has 0 aliphatic carbocycles. The zero-order valence-electron chi connectivity index (χ0n) is 12.7. The molecule has 9 heteroatoms. The van der Waals surface area contributed by atoms with Crippen molar-refractivity contribution in [3.8, 4) is 5.88 Å². The van der Waals surface area contributed by atoms with Crippen molar-refractivity contribution in [2.24, 2.45) is 0 Å². The number of aromatic nitrogens is 2. The van der Waals surface area contributed by atoms with E-state index < -0.39 is 34.7 Å². The number of amides is 2. The molecule has 120 valence electrons. The number of aromatic hydroxyl groups is 1. The van der Waals surface area contributed by atoms with Gasteiger partial charge in [0.2, 0.25) is 5.88 Å². The average Bonchev–Trinajstić information content (AvgIpc) is 2.61. The van der Waals surface area contributed by atoms with Gasteiger partial charge in [-0.05, 0) is 39.9 Å². The first-order valence-corrected chi connectivity index (χ1v) is 7.22. The van der Waals surface area contributed by atoms with Crippen molar-refractivity contribution in [3.05, 3.63) is 15.1 Å². The van der Waals surface area contributed by atoms with E-state index in [1.54, 1.807) is 13.8 Å². The van der Waals surface area contributed by atoms with Crippen molar-refractivity contribution >= 4 is 29.9 Å². The summed E-state index contributed by atoms with van der Waals surface area (Å²) in [6.07, 6.45) is -0.996. The van der Waals surface area contributed by atoms with Gasteiger partial charge in [-0.15, -0.1) is 0 Å². The Labute approximate surface area is 131 Å². The molecule has 0 spiro atoms. The van der Waals surface area contributed by atoms with Crippen LogP contribution in [0.25, 0.3) is 0 Å². The van der Waals surface area contributed by atoms with Crippen molar-refractivity contribution < 1.29 is 19.4 Å². The molecule has 1 fully saturated rings. The zero-order chi connectivity index (χ0) is 16.8. The molecule has 2 rings (SSSR count). The molecular weight excluding hydrogens is 310 g/mol. The Morgan fingerprint density at radius 3 is 2.09 bits per heavy atom.